The van der Waals surface area contributed by atoms with Gasteiger partial charge in [-0.3, -0.25) is 0 Å². The summed E-state index contributed by atoms with van der Waals surface area (Å²) in [6.45, 7) is 0. The van der Waals surface area contributed by atoms with Crippen LogP contribution in [0.25, 0.3) is 12.3 Å². The molecule has 0 heterocycles. The SMILES string of the molecule is [CH3-].[CH3-].[CH3-].[CH3-].[CH3-].[NH2-].[NH2-].[Re]. The van der Waals surface area contributed by atoms with E-state index in [-0.39, 0.29) is 69.9 Å². The van der Waals surface area contributed by atoms with Gasteiger partial charge in [0, 0.05) is 20.4 Å². The Kier molecular flexibility index (Phi) is 176000. The van der Waals surface area contributed by atoms with Crippen LogP contribution < -0.4 is 0 Å². The minimum absolute atomic E-state index is 0. The van der Waals surface area contributed by atoms with E-state index in [0.29, 0.717) is 0 Å². The third-order valence-corrected chi connectivity index (χ3v) is 0. The first-order valence-corrected chi connectivity index (χ1v) is 0. The third kappa shape index (κ3) is 605. The van der Waals surface area contributed by atoms with Crippen molar-refractivity contribution in [3.05, 3.63) is 49.4 Å². The summed E-state index contributed by atoms with van der Waals surface area (Å²) in [6.07, 6.45) is 0. The average Bonchev–Trinajstić information content (AvgIpc) is 0. The molecule has 3 heteroatoms. The van der Waals surface area contributed by atoms with E-state index in [2.05, 4.69) is 0 Å². The van der Waals surface area contributed by atoms with Crippen molar-refractivity contribution >= 4 is 0 Å². The maximum atomic E-state index is 0. The number of nitrogens with two attached hydrogens (primary N) is 2. The van der Waals surface area contributed by atoms with E-state index in [9.17, 15) is 0 Å². The quantitative estimate of drug-likeness (QED) is 0.611. The first kappa shape index (κ1) is 1450. The smallest absolute Gasteiger partial charge is 0 e. The Hall–Kier alpha value is 0.582. The molecular weight excluding hydrogens is 274 g/mol. The van der Waals surface area contributed by atoms with E-state index in [4.69, 9.17) is 0 Å². The number of hydrogen-bond acceptors (Lipinski definition) is 0. The van der Waals surface area contributed by atoms with Crippen LogP contribution in [0.5, 0.6) is 0 Å². The van der Waals surface area contributed by atoms with Gasteiger partial charge >= 0.3 is 0 Å². The largest absolute Gasteiger partial charge is 0.693 e. The van der Waals surface area contributed by atoms with Crippen molar-refractivity contribution in [2.24, 2.45) is 0 Å². The zero-order chi connectivity index (χ0) is 0. The van der Waals surface area contributed by atoms with Crippen LogP contribution in [-0.2, 0) is 20.4 Å². The summed E-state index contributed by atoms with van der Waals surface area (Å²) in [5.41, 5.74) is 0. The molecule has 0 aromatic rings. The molecule has 0 aliphatic heterocycles. The van der Waals surface area contributed by atoms with Crippen LogP contribution in [0.2, 0.25) is 0 Å². The van der Waals surface area contributed by atoms with Gasteiger partial charge in [0.05, 0.1) is 0 Å². The molecule has 0 aliphatic rings. The van der Waals surface area contributed by atoms with Gasteiger partial charge in [-0.05, 0) is 0 Å². The second-order valence-electron chi connectivity index (χ2n) is 0. The fourth-order valence-corrected chi connectivity index (χ4v) is 0. The van der Waals surface area contributed by atoms with Gasteiger partial charge in [-0.1, -0.05) is 0 Å². The van der Waals surface area contributed by atoms with Gasteiger partial charge in [0.25, 0.3) is 0 Å². The Morgan fingerprint density at radius 1 is 0.375 bits per heavy atom. The molecule has 0 aromatic carbocycles. The van der Waals surface area contributed by atoms with Crippen molar-refractivity contribution in [3.8, 4) is 0 Å². The molecule has 0 fully saturated rings. The van der Waals surface area contributed by atoms with Crippen molar-refractivity contribution < 1.29 is 20.4 Å². The summed E-state index contributed by atoms with van der Waals surface area (Å²) >= 11 is 0. The number of hydrogen-bond donors (Lipinski definition) is 0. The van der Waals surface area contributed by atoms with Crippen molar-refractivity contribution in [1.82, 2.24) is 0 Å². The normalized spacial score (nSPS) is 0. The van der Waals surface area contributed by atoms with Gasteiger partial charge in [0.1, 0.15) is 0 Å². The molecular formula is C5H19N2Re-7. The predicted octanol–water partition coefficient (Wildman–Crippen LogP) is 3.68. The van der Waals surface area contributed by atoms with Gasteiger partial charge in [0.2, 0.25) is 0 Å². The second kappa shape index (κ2) is 969. The van der Waals surface area contributed by atoms with E-state index < -0.39 is 0 Å². The van der Waals surface area contributed by atoms with Crippen LogP contribution in [0, 0.1) is 37.1 Å². The van der Waals surface area contributed by atoms with E-state index in [0.717, 1.165) is 0 Å². The molecule has 1 radical (unpaired) electrons. The van der Waals surface area contributed by atoms with E-state index in [1.807, 2.05) is 0 Å². The summed E-state index contributed by atoms with van der Waals surface area (Å²) in [5.74, 6) is 0. The molecule has 63 valence electrons. The van der Waals surface area contributed by atoms with Crippen molar-refractivity contribution in [2.45, 2.75) is 0 Å². The summed E-state index contributed by atoms with van der Waals surface area (Å²) in [6, 6.07) is 0. The van der Waals surface area contributed by atoms with E-state index >= 15 is 0 Å². The van der Waals surface area contributed by atoms with Crippen LogP contribution in [0.4, 0.5) is 0 Å². The summed E-state index contributed by atoms with van der Waals surface area (Å²) in [4.78, 5) is 0. The van der Waals surface area contributed by atoms with Crippen molar-refractivity contribution in [3.63, 3.8) is 0 Å². The summed E-state index contributed by atoms with van der Waals surface area (Å²) < 4.78 is 0. The van der Waals surface area contributed by atoms with Gasteiger partial charge in [-0.15, -0.1) is 0 Å². The van der Waals surface area contributed by atoms with E-state index in [1.165, 1.54) is 0 Å². The van der Waals surface area contributed by atoms with Gasteiger partial charge in [0.15, 0.2) is 0 Å². The van der Waals surface area contributed by atoms with Crippen molar-refractivity contribution in [2.75, 3.05) is 0 Å². The number of rotatable bonds is 0. The Labute approximate surface area is 70.3 Å². The second-order valence-corrected chi connectivity index (χ2v) is 0. The standard InChI is InChI=1S/5CH3.2H2N.Re/h5*1H3;2*1H2;/q7*-1;. The van der Waals surface area contributed by atoms with Gasteiger partial charge in [-0.2, -0.15) is 0 Å². The fourth-order valence-electron chi connectivity index (χ4n) is 0. The molecule has 0 saturated carbocycles. The minimum Gasteiger partial charge on any atom is -0.693 e. The monoisotopic (exact) mass is 294 g/mol. The Morgan fingerprint density at radius 2 is 0.375 bits per heavy atom. The molecule has 0 rings (SSSR count). The topological polar surface area (TPSA) is 67.0 Å². The maximum Gasteiger partial charge on any atom is 0 e. The van der Waals surface area contributed by atoms with Crippen molar-refractivity contribution in [1.29, 1.82) is 0 Å². The fraction of sp³-hybridized carbons (Fsp3) is 0. The molecule has 0 saturated heterocycles. The summed E-state index contributed by atoms with van der Waals surface area (Å²) in [7, 11) is 0. The van der Waals surface area contributed by atoms with E-state index in [1.54, 1.807) is 0 Å². The van der Waals surface area contributed by atoms with Gasteiger partial charge in [-0.25, -0.2) is 0 Å². The zero-order valence-electron chi connectivity index (χ0n) is 6.53. The molecule has 0 amide bonds. The van der Waals surface area contributed by atoms with Crippen LogP contribution in [-0.4, -0.2) is 0 Å². The minimum atomic E-state index is 0. The van der Waals surface area contributed by atoms with Crippen LogP contribution in [0.3, 0.4) is 0 Å². The molecule has 0 unspecified atom stereocenters. The molecule has 0 bridgehead atoms. The average molecular weight is 293 g/mol. The Morgan fingerprint density at radius 3 is 0.375 bits per heavy atom. The molecule has 0 aromatic heterocycles. The summed E-state index contributed by atoms with van der Waals surface area (Å²) in [5, 5.41) is 0. The first-order chi connectivity index (χ1) is 0. The molecule has 8 heavy (non-hydrogen) atoms. The van der Waals surface area contributed by atoms with Crippen LogP contribution in [0.1, 0.15) is 0 Å². The maximum absolute atomic E-state index is 0. The third-order valence-electron chi connectivity index (χ3n) is 0. The molecule has 4 N–H and O–H groups in total. The molecule has 0 spiro atoms. The zero-order valence-corrected chi connectivity index (χ0v) is 9.25. The first-order valence-electron chi connectivity index (χ1n) is 0. The molecule has 0 atom stereocenters. The Bertz CT molecular complexity index is 10.4. The molecule has 2 nitrogen and oxygen atoms in total. The van der Waals surface area contributed by atoms with Crippen LogP contribution in [0.15, 0.2) is 0 Å². The Balaban J connectivity index is 0. The van der Waals surface area contributed by atoms with Crippen LogP contribution >= 0.6 is 0 Å². The predicted molar refractivity (Wildman–Crippen MR) is 42.6 cm³/mol. The molecule has 0 aliphatic carbocycles. The van der Waals surface area contributed by atoms with Gasteiger partial charge < -0.3 is 49.4 Å².